The van der Waals surface area contributed by atoms with Gasteiger partial charge >= 0.3 is 0 Å². The zero-order valence-electron chi connectivity index (χ0n) is 15.5. The zero-order chi connectivity index (χ0) is 18.0. The number of hydrogen-bond acceptors (Lipinski definition) is 3. The van der Waals surface area contributed by atoms with Gasteiger partial charge in [0, 0.05) is 31.4 Å². The Morgan fingerprint density at radius 2 is 1.92 bits per heavy atom. The molecule has 0 aromatic heterocycles. The quantitative estimate of drug-likeness (QED) is 0.835. The van der Waals surface area contributed by atoms with E-state index in [1.165, 1.54) is 5.56 Å². The van der Waals surface area contributed by atoms with Gasteiger partial charge in [0.05, 0.1) is 0 Å². The number of benzene rings is 1. The van der Waals surface area contributed by atoms with Gasteiger partial charge in [-0.05, 0) is 49.9 Å². The van der Waals surface area contributed by atoms with Crippen LogP contribution in [0.2, 0.25) is 0 Å². The summed E-state index contributed by atoms with van der Waals surface area (Å²) in [4.78, 5) is 29.5. The van der Waals surface area contributed by atoms with Gasteiger partial charge in [-0.25, -0.2) is 0 Å². The van der Waals surface area contributed by atoms with Crippen LogP contribution in [0.3, 0.4) is 0 Å². The molecule has 2 fully saturated rings. The molecule has 0 saturated carbocycles. The monoisotopic (exact) mass is 343 g/mol. The van der Waals surface area contributed by atoms with Crippen LogP contribution >= 0.6 is 0 Å². The van der Waals surface area contributed by atoms with E-state index < -0.39 is 5.92 Å². The second kappa shape index (κ2) is 7.56. The summed E-state index contributed by atoms with van der Waals surface area (Å²) in [5, 5.41) is 3.16. The van der Waals surface area contributed by atoms with Crippen LogP contribution in [0.4, 0.5) is 5.69 Å². The first kappa shape index (κ1) is 17.9. The highest BCUT2D eigenvalue weighted by Crippen LogP contribution is 2.30. The molecule has 2 saturated heterocycles. The standard InChI is InChI=1S/C20H29N3O2/c1-14(2)15-6-8-16(9-7-15)23-12-10-18(20(23)25)19(24)22-11-4-5-17(22)13-21-3/h6-9,14,17-18,21H,4-5,10-13H2,1-3H3. The topological polar surface area (TPSA) is 52.7 Å². The van der Waals surface area contributed by atoms with E-state index in [0.717, 1.165) is 31.6 Å². The molecule has 0 radical (unpaired) electrons. The van der Waals surface area contributed by atoms with E-state index in [-0.39, 0.29) is 17.9 Å². The predicted molar refractivity (Wildman–Crippen MR) is 99.7 cm³/mol. The number of likely N-dealkylation sites (N-methyl/N-ethyl adjacent to an activating group) is 1. The molecule has 1 aromatic carbocycles. The van der Waals surface area contributed by atoms with Gasteiger partial charge in [0.2, 0.25) is 11.8 Å². The van der Waals surface area contributed by atoms with Gasteiger partial charge in [-0.1, -0.05) is 26.0 Å². The van der Waals surface area contributed by atoms with Gasteiger partial charge in [-0.15, -0.1) is 0 Å². The smallest absolute Gasteiger partial charge is 0.239 e. The van der Waals surface area contributed by atoms with Gasteiger partial charge in [-0.2, -0.15) is 0 Å². The molecule has 136 valence electrons. The summed E-state index contributed by atoms with van der Waals surface area (Å²) in [5.74, 6) is -0.0689. The van der Waals surface area contributed by atoms with Gasteiger partial charge in [-0.3, -0.25) is 9.59 Å². The second-order valence-corrected chi connectivity index (χ2v) is 7.46. The molecule has 2 heterocycles. The molecule has 1 aromatic rings. The fourth-order valence-electron chi connectivity index (χ4n) is 3.98. The van der Waals surface area contributed by atoms with Gasteiger partial charge in [0.15, 0.2) is 0 Å². The van der Waals surface area contributed by atoms with E-state index in [1.54, 1.807) is 4.90 Å². The summed E-state index contributed by atoms with van der Waals surface area (Å²) in [7, 11) is 1.91. The minimum absolute atomic E-state index is 0.0176. The lowest BCUT2D eigenvalue weighted by molar-refractivity contribution is -0.140. The summed E-state index contributed by atoms with van der Waals surface area (Å²) in [6, 6.07) is 8.38. The van der Waals surface area contributed by atoms with Crippen LogP contribution in [0, 0.1) is 5.92 Å². The van der Waals surface area contributed by atoms with E-state index >= 15 is 0 Å². The van der Waals surface area contributed by atoms with Crippen LogP contribution in [0.15, 0.2) is 24.3 Å². The predicted octanol–water partition coefficient (Wildman–Crippen LogP) is 2.37. The largest absolute Gasteiger partial charge is 0.338 e. The lowest BCUT2D eigenvalue weighted by atomic mass is 10.0. The lowest BCUT2D eigenvalue weighted by Crippen LogP contribution is -2.45. The molecule has 2 atom stereocenters. The number of likely N-dealkylation sites (tertiary alicyclic amines) is 1. The normalized spacial score (nSPS) is 23.8. The number of amides is 2. The maximum atomic E-state index is 12.9. The number of anilines is 1. The van der Waals surface area contributed by atoms with Crippen molar-refractivity contribution in [2.45, 2.75) is 45.1 Å². The molecule has 1 N–H and O–H groups in total. The number of rotatable bonds is 5. The van der Waals surface area contributed by atoms with Gasteiger partial charge in [0.25, 0.3) is 0 Å². The van der Waals surface area contributed by atoms with Crippen molar-refractivity contribution in [2.24, 2.45) is 5.92 Å². The van der Waals surface area contributed by atoms with Crippen LogP contribution in [-0.4, -0.2) is 49.4 Å². The van der Waals surface area contributed by atoms with Gasteiger partial charge in [0.1, 0.15) is 5.92 Å². The fourth-order valence-corrected chi connectivity index (χ4v) is 3.98. The molecule has 3 rings (SSSR count). The summed E-state index contributed by atoms with van der Waals surface area (Å²) >= 11 is 0. The Bertz CT molecular complexity index is 626. The molecular formula is C20H29N3O2. The molecule has 5 heteroatoms. The first-order chi connectivity index (χ1) is 12.0. The summed E-state index contributed by atoms with van der Waals surface area (Å²) < 4.78 is 0. The highest BCUT2D eigenvalue weighted by molar-refractivity contribution is 6.09. The Hall–Kier alpha value is -1.88. The number of carbonyl (C=O) groups is 2. The Kier molecular flexibility index (Phi) is 5.42. The third-order valence-electron chi connectivity index (χ3n) is 5.47. The van der Waals surface area contributed by atoms with Crippen LogP contribution in [-0.2, 0) is 9.59 Å². The first-order valence-electron chi connectivity index (χ1n) is 9.39. The van der Waals surface area contributed by atoms with Crippen molar-refractivity contribution in [2.75, 3.05) is 31.6 Å². The number of hydrogen-bond donors (Lipinski definition) is 1. The third kappa shape index (κ3) is 3.56. The van der Waals surface area contributed by atoms with Crippen LogP contribution < -0.4 is 10.2 Å². The van der Waals surface area contributed by atoms with Crippen molar-refractivity contribution in [3.63, 3.8) is 0 Å². The lowest BCUT2D eigenvalue weighted by Gasteiger charge is -2.27. The number of nitrogens with zero attached hydrogens (tertiary/aromatic N) is 2. The van der Waals surface area contributed by atoms with Crippen molar-refractivity contribution in [1.82, 2.24) is 10.2 Å². The highest BCUT2D eigenvalue weighted by atomic mass is 16.2. The van der Waals surface area contributed by atoms with E-state index in [1.807, 2.05) is 24.1 Å². The molecule has 25 heavy (non-hydrogen) atoms. The minimum atomic E-state index is -0.512. The van der Waals surface area contributed by atoms with E-state index in [2.05, 4.69) is 31.3 Å². The zero-order valence-corrected chi connectivity index (χ0v) is 15.5. The van der Waals surface area contributed by atoms with Crippen molar-refractivity contribution in [3.05, 3.63) is 29.8 Å². The Morgan fingerprint density at radius 1 is 1.20 bits per heavy atom. The average Bonchev–Trinajstić information content (AvgIpc) is 3.21. The maximum absolute atomic E-state index is 12.9. The summed E-state index contributed by atoms with van der Waals surface area (Å²) in [5.41, 5.74) is 2.16. The highest BCUT2D eigenvalue weighted by Gasteiger charge is 2.42. The van der Waals surface area contributed by atoms with Crippen molar-refractivity contribution in [1.29, 1.82) is 0 Å². The molecule has 0 spiro atoms. The minimum Gasteiger partial charge on any atom is -0.338 e. The molecule has 0 bridgehead atoms. The maximum Gasteiger partial charge on any atom is 0.239 e. The summed E-state index contributed by atoms with van der Waals surface area (Å²) in [6.07, 6.45) is 2.67. The first-order valence-corrected chi connectivity index (χ1v) is 9.39. The third-order valence-corrected chi connectivity index (χ3v) is 5.47. The van der Waals surface area contributed by atoms with Crippen LogP contribution in [0.5, 0.6) is 0 Å². The Morgan fingerprint density at radius 3 is 2.56 bits per heavy atom. The molecular weight excluding hydrogens is 314 g/mol. The molecule has 0 aliphatic carbocycles. The van der Waals surface area contributed by atoms with Crippen LogP contribution in [0.1, 0.15) is 44.6 Å². The SMILES string of the molecule is CNCC1CCCN1C(=O)C1CCN(c2ccc(C(C)C)cc2)C1=O. The Balaban J connectivity index is 1.70. The van der Waals surface area contributed by atoms with Crippen LogP contribution in [0.25, 0.3) is 0 Å². The van der Waals surface area contributed by atoms with Gasteiger partial charge < -0.3 is 15.1 Å². The van der Waals surface area contributed by atoms with Crippen molar-refractivity contribution < 1.29 is 9.59 Å². The Labute approximate surface area is 150 Å². The van der Waals surface area contributed by atoms with E-state index in [0.29, 0.717) is 18.9 Å². The molecule has 2 aliphatic rings. The molecule has 2 amide bonds. The van der Waals surface area contributed by atoms with E-state index in [9.17, 15) is 9.59 Å². The van der Waals surface area contributed by atoms with E-state index in [4.69, 9.17) is 0 Å². The molecule has 2 unspecified atom stereocenters. The van der Waals surface area contributed by atoms with Crippen molar-refractivity contribution >= 4 is 17.5 Å². The second-order valence-electron chi connectivity index (χ2n) is 7.46. The number of carbonyl (C=O) groups excluding carboxylic acids is 2. The molecule has 5 nitrogen and oxygen atoms in total. The number of nitrogens with one attached hydrogen (secondary N) is 1. The fraction of sp³-hybridized carbons (Fsp3) is 0.600. The molecule has 2 aliphatic heterocycles. The van der Waals surface area contributed by atoms with Crippen molar-refractivity contribution in [3.8, 4) is 0 Å². The summed E-state index contributed by atoms with van der Waals surface area (Å²) in [6.45, 7) is 6.51. The average molecular weight is 343 g/mol.